The van der Waals surface area contributed by atoms with Gasteiger partial charge in [-0.3, -0.25) is 25.7 Å². The molecule has 23 heavy (non-hydrogen) atoms. The van der Waals surface area contributed by atoms with E-state index in [4.69, 9.17) is 0 Å². The van der Waals surface area contributed by atoms with E-state index in [9.17, 15) is 20.2 Å². The Morgan fingerprint density at radius 3 is 2.43 bits per heavy atom. The monoisotopic (exact) mass is 318 g/mol. The number of hydrazone groups is 1. The minimum absolute atomic E-state index is 0.118. The first-order valence-corrected chi connectivity index (χ1v) is 7.10. The third-order valence-electron chi connectivity index (χ3n) is 3.76. The predicted octanol–water partition coefficient (Wildman–Crippen LogP) is 4.04. The van der Waals surface area contributed by atoms with E-state index < -0.39 is 9.85 Å². The van der Waals surface area contributed by atoms with Gasteiger partial charge in [0.2, 0.25) is 0 Å². The highest BCUT2D eigenvalue weighted by Gasteiger charge is 2.27. The molecule has 8 heteroatoms. The Morgan fingerprint density at radius 1 is 1.22 bits per heavy atom. The molecule has 1 aliphatic carbocycles. The maximum atomic E-state index is 11.0. The molecule has 0 saturated heterocycles. The van der Waals surface area contributed by atoms with Crippen LogP contribution in [0.5, 0.6) is 0 Å². The van der Waals surface area contributed by atoms with E-state index >= 15 is 0 Å². The second kappa shape index (κ2) is 6.15. The van der Waals surface area contributed by atoms with Gasteiger partial charge in [0.05, 0.1) is 22.1 Å². The van der Waals surface area contributed by atoms with Crippen LogP contribution in [0.4, 0.5) is 17.1 Å². The fourth-order valence-corrected chi connectivity index (χ4v) is 2.78. The van der Waals surface area contributed by atoms with Crippen LogP contribution in [0.25, 0.3) is 0 Å². The molecule has 0 radical (unpaired) electrons. The van der Waals surface area contributed by atoms with Crippen LogP contribution in [0, 0.1) is 25.6 Å². The van der Waals surface area contributed by atoms with Crippen molar-refractivity contribution in [3.63, 3.8) is 0 Å². The normalized spacial score (nSPS) is 16.8. The predicted molar refractivity (Wildman–Crippen MR) is 87.6 cm³/mol. The zero-order valence-corrected chi connectivity index (χ0v) is 13.2. The van der Waals surface area contributed by atoms with Crippen molar-refractivity contribution in [1.29, 1.82) is 0 Å². The number of hydrogen-bond acceptors (Lipinski definition) is 6. The molecule has 1 aromatic rings. The van der Waals surface area contributed by atoms with Gasteiger partial charge in [0, 0.05) is 6.07 Å². The number of nitrogens with zero attached hydrogens (tertiary/aromatic N) is 3. The average molecular weight is 318 g/mol. The van der Waals surface area contributed by atoms with Crippen molar-refractivity contribution in [2.24, 2.45) is 10.5 Å². The van der Waals surface area contributed by atoms with Gasteiger partial charge in [-0.05, 0) is 36.8 Å². The highest BCUT2D eigenvalue weighted by Crippen LogP contribution is 2.40. The van der Waals surface area contributed by atoms with E-state index in [1.807, 2.05) is 6.92 Å². The molecule has 1 aliphatic rings. The number of anilines is 1. The van der Waals surface area contributed by atoms with E-state index in [2.05, 4.69) is 24.4 Å². The van der Waals surface area contributed by atoms with Crippen LogP contribution in [-0.2, 0) is 0 Å². The summed E-state index contributed by atoms with van der Waals surface area (Å²) in [6.07, 6.45) is 3.55. The fraction of sp³-hybridized carbons (Fsp3) is 0.400. The molecule has 0 saturated carbocycles. The minimum Gasteiger partial charge on any atom is -0.272 e. The average Bonchev–Trinajstić information content (AvgIpc) is 2.71. The summed E-state index contributed by atoms with van der Waals surface area (Å²) in [5.74, 6) is 0. The zero-order valence-electron chi connectivity index (χ0n) is 13.2. The Bertz CT molecular complexity index is 722. The number of rotatable bonds is 5. The highest BCUT2D eigenvalue weighted by atomic mass is 16.6. The summed E-state index contributed by atoms with van der Waals surface area (Å²) in [6, 6.07) is 3.41. The van der Waals surface area contributed by atoms with Crippen LogP contribution in [0.2, 0.25) is 0 Å². The van der Waals surface area contributed by atoms with Crippen LogP contribution in [-0.4, -0.2) is 16.1 Å². The molecule has 122 valence electrons. The second-order valence-corrected chi connectivity index (χ2v) is 6.41. The van der Waals surface area contributed by atoms with Crippen LogP contribution in [0.15, 0.2) is 34.4 Å². The second-order valence-electron chi connectivity index (χ2n) is 6.41. The van der Waals surface area contributed by atoms with E-state index in [1.54, 1.807) is 6.21 Å². The van der Waals surface area contributed by atoms with Crippen molar-refractivity contribution in [2.45, 2.75) is 33.6 Å². The molecule has 1 aromatic carbocycles. The molecule has 0 unspecified atom stereocenters. The largest absolute Gasteiger partial charge is 0.301 e. The molecular weight excluding hydrogens is 300 g/mol. The molecule has 0 spiro atoms. The number of nitro benzene ring substituents is 2. The zero-order chi connectivity index (χ0) is 17.2. The first-order chi connectivity index (χ1) is 10.7. The van der Waals surface area contributed by atoms with Crippen LogP contribution in [0.1, 0.15) is 33.6 Å². The van der Waals surface area contributed by atoms with Crippen molar-refractivity contribution in [2.75, 3.05) is 5.43 Å². The summed E-state index contributed by atoms with van der Waals surface area (Å²) in [6.45, 7) is 6.39. The number of hydrogen-bond donors (Lipinski definition) is 1. The Balaban J connectivity index is 2.18. The van der Waals surface area contributed by atoms with E-state index in [0.717, 1.165) is 24.5 Å². The van der Waals surface area contributed by atoms with Gasteiger partial charge >= 0.3 is 5.69 Å². The Kier molecular flexibility index (Phi) is 4.44. The van der Waals surface area contributed by atoms with Gasteiger partial charge in [0.25, 0.3) is 5.69 Å². The first kappa shape index (κ1) is 16.6. The fourth-order valence-electron chi connectivity index (χ4n) is 2.78. The van der Waals surface area contributed by atoms with Gasteiger partial charge < -0.3 is 0 Å². The number of benzene rings is 1. The van der Waals surface area contributed by atoms with E-state index in [-0.39, 0.29) is 22.5 Å². The third-order valence-corrected chi connectivity index (χ3v) is 3.76. The molecule has 0 aliphatic heterocycles. The van der Waals surface area contributed by atoms with Crippen molar-refractivity contribution in [3.05, 3.63) is 49.6 Å². The number of allylic oxidation sites excluding steroid dienone is 2. The Labute approximate surface area is 133 Å². The molecule has 0 heterocycles. The topological polar surface area (TPSA) is 111 Å². The molecular formula is C15H18N4O4. The maximum Gasteiger partial charge on any atom is 0.301 e. The Hall–Kier alpha value is -2.77. The van der Waals surface area contributed by atoms with Crippen LogP contribution >= 0.6 is 0 Å². The van der Waals surface area contributed by atoms with Gasteiger partial charge in [0.1, 0.15) is 5.69 Å². The summed E-state index contributed by atoms with van der Waals surface area (Å²) in [5, 5.41) is 25.8. The Morgan fingerprint density at radius 2 is 1.91 bits per heavy atom. The maximum absolute atomic E-state index is 11.0. The van der Waals surface area contributed by atoms with E-state index in [1.165, 1.54) is 17.7 Å². The van der Waals surface area contributed by atoms with Gasteiger partial charge in [-0.2, -0.15) is 5.10 Å². The van der Waals surface area contributed by atoms with Crippen LogP contribution < -0.4 is 5.43 Å². The molecule has 2 rings (SSSR count). The summed E-state index contributed by atoms with van der Waals surface area (Å²) in [7, 11) is 0. The molecule has 1 N–H and O–H groups in total. The lowest BCUT2D eigenvalue weighted by Gasteiger charge is -2.16. The van der Waals surface area contributed by atoms with Crippen molar-refractivity contribution in [1.82, 2.24) is 0 Å². The standard InChI is InChI=1S/C15H18N4O4/c1-10-7-15(2,3)8-11(10)9-16-17-13-5-4-12(18(20)21)6-14(13)19(22)23/h4-6,9,17H,7-8H2,1-3H3. The smallest absolute Gasteiger partial charge is 0.272 e. The summed E-state index contributed by atoms with van der Waals surface area (Å²) < 4.78 is 0. The van der Waals surface area contributed by atoms with Gasteiger partial charge in [-0.1, -0.05) is 19.4 Å². The SMILES string of the molecule is CC1=C(C=NNc2ccc([N+](=O)[O-])cc2[N+](=O)[O-])CC(C)(C)C1. The lowest BCUT2D eigenvalue weighted by atomic mass is 9.89. The van der Waals surface area contributed by atoms with Gasteiger partial charge in [-0.25, -0.2) is 0 Å². The minimum atomic E-state index is -0.673. The quantitative estimate of drug-likeness (QED) is 0.500. The van der Waals surface area contributed by atoms with Gasteiger partial charge in [0.15, 0.2) is 0 Å². The molecule has 8 nitrogen and oxygen atoms in total. The summed E-state index contributed by atoms with van der Waals surface area (Å²) in [5.41, 5.74) is 4.56. The molecule has 0 bridgehead atoms. The molecule has 0 atom stereocenters. The number of nitrogens with one attached hydrogen (secondary N) is 1. The van der Waals surface area contributed by atoms with Gasteiger partial charge in [-0.15, -0.1) is 0 Å². The molecule has 0 fully saturated rings. The summed E-state index contributed by atoms with van der Waals surface area (Å²) >= 11 is 0. The van der Waals surface area contributed by atoms with Crippen LogP contribution in [0.3, 0.4) is 0 Å². The molecule has 0 amide bonds. The third kappa shape index (κ3) is 3.91. The lowest BCUT2D eigenvalue weighted by molar-refractivity contribution is -0.393. The lowest BCUT2D eigenvalue weighted by Crippen LogP contribution is -2.05. The van der Waals surface area contributed by atoms with Crippen molar-refractivity contribution < 1.29 is 9.85 Å². The summed E-state index contributed by atoms with van der Waals surface area (Å²) in [4.78, 5) is 20.4. The van der Waals surface area contributed by atoms with Crippen molar-refractivity contribution >= 4 is 23.3 Å². The number of non-ortho nitro benzene ring substituents is 1. The highest BCUT2D eigenvalue weighted by molar-refractivity contribution is 5.81. The first-order valence-electron chi connectivity index (χ1n) is 7.10. The molecule has 0 aromatic heterocycles. The van der Waals surface area contributed by atoms with E-state index in [0.29, 0.717) is 0 Å². The van der Waals surface area contributed by atoms with Crippen molar-refractivity contribution in [3.8, 4) is 0 Å². The number of nitro groups is 2.